The molecule has 110 valence electrons. The molecule has 1 N–H and O–H groups in total. The molecule has 20 heavy (non-hydrogen) atoms. The molecular weight excluding hydrogens is 250 g/mol. The van der Waals surface area contributed by atoms with Crippen molar-refractivity contribution >= 4 is 11.6 Å². The molecule has 0 aromatic carbocycles. The standard InChI is InChI=1S/C16H25N3O/c1-3-9-17-14-7-8-15(18-11-14)16(20)19-10-5-6-13(4-2)12-19/h7-8,11,13,17H,3-6,9-10,12H2,1-2H3. The normalized spacial score (nSPS) is 18.9. The number of carbonyl (C=O) groups is 1. The van der Waals surface area contributed by atoms with Gasteiger partial charge in [-0.3, -0.25) is 4.79 Å². The monoisotopic (exact) mass is 275 g/mol. The lowest BCUT2D eigenvalue weighted by atomic mass is 9.95. The highest BCUT2D eigenvalue weighted by Crippen LogP contribution is 2.20. The first-order chi connectivity index (χ1) is 9.74. The second kappa shape index (κ2) is 7.27. The molecule has 4 nitrogen and oxygen atoms in total. The average molecular weight is 275 g/mol. The number of aromatic nitrogens is 1. The fourth-order valence-electron chi connectivity index (χ4n) is 2.64. The van der Waals surface area contributed by atoms with Crippen molar-refractivity contribution in [2.24, 2.45) is 5.92 Å². The molecule has 1 aliphatic rings. The summed E-state index contributed by atoms with van der Waals surface area (Å²) < 4.78 is 0. The summed E-state index contributed by atoms with van der Waals surface area (Å²) in [6.45, 7) is 7.00. The summed E-state index contributed by atoms with van der Waals surface area (Å²) in [5, 5.41) is 3.27. The Labute approximate surface area is 121 Å². The molecule has 0 radical (unpaired) electrons. The number of piperidine rings is 1. The highest BCUT2D eigenvalue weighted by molar-refractivity contribution is 5.92. The minimum absolute atomic E-state index is 0.0743. The molecule has 0 spiro atoms. The summed E-state index contributed by atoms with van der Waals surface area (Å²) in [6.07, 6.45) is 6.34. The highest BCUT2D eigenvalue weighted by Gasteiger charge is 2.24. The first-order valence-corrected chi connectivity index (χ1v) is 7.73. The number of nitrogens with one attached hydrogen (secondary N) is 1. The predicted molar refractivity (Wildman–Crippen MR) is 81.9 cm³/mol. The molecule has 2 rings (SSSR count). The second-order valence-corrected chi connectivity index (χ2v) is 5.53. The Morgan fingerprint density at radius 3 is 2.95 bits per heavy atom. The molecule has 0 saturated carbocycles. The molecule has 1 unspecified atom stereocenters. The Balaban J connectivity index is 1.98. The SMILES string of the molecule is CCCNc1ccc(C(=O)N2CCCC(CC)C2)nc1. The van der Waals surface area contributed by atoms with Crippen molar-refractivity contribution in [2.75, 3.05) is 25.0 Å². The van der Waals surface area contributed by atoms with Gasteiger partial charge in [0.15, 0.2) is 0 Å². The van der Waals surface area contributed by atoms with E-state index in [0.29, 0.717) is 11.6 Å². The Bertz CT molecular complexity index is 430. The van der Waals surface area contributed by atoms with E-state index >= 15 is 0 Å². The Morgan fingerprint density at radius 1 is 1.45 bits per heavy atom. The van der Waals surface area contributed by atoms with E-state index in [9.17, 15) is 4.79 Å². The Hall–Kier alpha value is -1.58. The molecular formula is C16H25N3O. The van der Waals surface area contributed by atoms with Crippen molar-refractivity contribution in [1.82, 2.24) is 9.88 Å². The van der Waals surface area contributed by atoms with Crippen LogP contribution in [-0.2, 0) is 0 Å². The van der Waals surface area contributed by atoms with Crippen LogP contribution in [0.1, 0.15) is 50.0 Å². The van der Waals surface area contributed by atoms with E-state index in [2.05, 4.69) is 24.1 Å². The van der Waals surface area contributed by atoms with Crippen molar-refractivity contribution in [3.8, 4) is 0 Å². The van der Waals surface area contributed by atoms with Gasteiger partial charge in [-0.2, -0.15) is 0 Å². The molecule has 1 fully saturated rings. The van der Waals surface area contributed by atoms with Gasteiger partial charge < -0.3 is 10.2 Å². The van der Waals surface area contributed by atoms with Crippen LogP contribution < -0.4 is 5.32 Å². The van der Waals surface area contributed by atoms with Gasteiger partial charge in [-0.05, 0) is 37.3 Å². The van der Waals surface area contributed by atoms with Gasteiger partial charge in [0, 0.05) is 19.6 Å². The third-order valence-corrected chi connectivity index (χ3v) is 3.95. The van der Waals surface area contributed by atoms with Crippen LogP contribution in [0, 0.1) is 5.92 Å². The number of pyridine rings is 1. The van der Waals surface area contributed by atoms with E-state index in [0.717, 1.165) is 44.6 Å². The largest absolute Gasteiger partial charge is 0.384 e. The summed E-state index contributed by atoms with van der Waals surface area (Å²) in [4.78, 5) is 18.7. The zero-order valence-corrected chi connectivity index (χ0v) is 12.6. The van der Waals surface area contributed by atoms with E-state index in [1.807, 2.05) is 17.0 Å². The first-order valence-electron chi connectivity index (χ1n) is 7.73. The van der Waals surface area contributed by atoms with Crippen molar-refractivity contribution < 1.29 is 4.79 Å². The molecule has 1 amide bonds. The van der Waals surface area contributed by atoms with Crippen LogP contribution in [0.2, 0.25) is 0 Å². The van der Waals surface area contributed by atoms with Crippen molar-refractivity contribution in [3.63, 3.8) is 0 Å². The zero-order chi connectivity index (χ0) is 14.4. The molecule has 0 bridgehead atoms. The van der Waals surface area contributed by atoms with Gasteiger partial charge in [0.1, 0.15) is 5.69 Å². The third kappa shape index (κ3) is 3.71. The lowest BCUT2D eigenvalue weighted by Crippen LogP contribution is -2.40. The van der Waals surface area contributed by atoms with Crippen molar-refractivity contribution in [1.29, 1.82) is 0 Å². The van der Waals surface area contributed by atoms with Gasteiger partial charge in [-0.25, -0.2) is 4.98 Å². The summed E-state index contributed by atoms with van der Waals surface area (Å²) in [5.74, 6) is 0.725. The molecule has 1 atom stereocenters. The smallest absolute Gasteiger partial charge is 0.272 e. The molecule has 4 heteroatoms. The quantitative estimate of drug-likeness (QED) is 0.897. The summed E-state index contributed by atoms with van der Waals surface area (Å²) in [7, 11) is 0. The van der Waals surface area contributed by atoms with Gasteiger partial charge >= 0.3 is 0 Å². The van der Waals surface area contributed by atoms with Gasteiger partial charge in [-0.15, -0.1) is 0 Å². The summed E-state index contributed by atoms with van der Waals surface area (Å²) in [6, 6.07) is 3.77. The third-order valence-electron chi connectivity index (χ3n) is 3.95. The average Bonchev–Trinajstić information content (AvgIpc) is 2.52. The lowest BCUT2D eigenvalue weighted by molar-refractivity contribution is 0.0665. The maximum atomic E-state index is 12.4. The highest BCUT2D eigenvalue weighted by atomic mass is 16.2. The van der Waals surface area contributed by atoms with Crippen LogP contribution in [0.3, 0.4) is 0 Å². The maximum absolute atomic E-state index is 12.4. The molecule has 0 aliphatic carbocycles. The number of hydrogen-bond donors (Lipinski definition) is 1. The number of nitrogens with zero attached hydrogens (tertiary/aromatic N) is 2. The van der Waals surface area contributed by atoms with Crippen LogP contribution in [0.4, 0.5) is 5.69 Å². The predicted octanol–water partition coefficient (Wildman–Crippen LogP) is 3.17. The van der Waals surface area contributed by atoms with Gasteiger partial charge in [0.25, 0.3) is 5.91 Å². The number of hydrogen-bond acceptors (Lipinski definition) is 3. The van der Waals surface area contributed by atoms with Gasteiger partial charge in [0.2, 0.25) is 0 Å². The topological polar surface area (TPSA) is 45.2 Å². The number of anilines is 1. The van der Waals surface area contributed by atoms with Crippen molar-refractivity contribution in [2.45, 2.75) is 39.5 Å². The minimum atomic E-state index is 0.0743. The van der Waals surface area contributed by atoms with Crippen LogP contribution in [-0.4, -0.2) is 35.4 Å². The van der Waals surface area contributed by atoms with E-state index in [1.165, 1.54) is 6.42 Å². The van der Waals surface area contributed by atoms with E-state index in [1.54, 1.807) is 6.20 Å². The number of rotatable bonds is 5. The van der Waals surface area contributed by atoms with Crippen LogP contribution in [0.15, 0.2) is 18.3 Å². The Morgan fingerprint density at radius 2 is 2.30 bits per heavy atom. The fourth-order valence-corrected chi connectivity index (χ4v) is 2.64. The number of carbonyl (C=O) groups excluding carboxylic acids is 1. The van der Waals surface area contributed by atoms with Crippen LogP contribution in [0.25, 0.3) is 0 Å². The molecule has 2 heterocycles. The Kier molecular flexibility index (Phi) is 5.39. The first kappa shape index (κ1) is 14.8. The van der Waals surface area contributed by atoms with Gasteiger partial charge in [0.05, 0.1) is 11.9 Å². The zero-order valence-electron chi connectivity index (χ0n) is 12.6. The van der Waals surface area contributed by atoms with E-state index in [-0.39, 0.29) is 5.91 Å². The van der Waals surface area contributed by atoms with E-state index in [4.69, 9.17) is 0 Å². The van der Waals surface area contributed by atoms with E-state index < -0.39 is 0 Å². The van der Waals surface area contributed by atoms with Crippen LogP contribution >= 0.6 is 0 Å². The van der Waals surface area contributed by atoms with Crippen LogP contribution in [0.5, 0.6) is 0 Å². The van der Waals surface area contributed by atoms with Crippen molar-refractivity contribution in [3.05, 3.63) is 24.0 Å². The molecule has 1 aromatic heterocycles. The number of likely N-dealkylation sites (tertiary alicyclic amines) is 1. The maximum Gasteiger partial charge on any atom is 0.272 e. The summed E-state index contributed by atoms with van der Waals surface area (Å²) >= 11 is 0. The minimum Gasteiger partial charge on any atom is -0.384 e. The molecule has 1 saturated heterocycles. The fraction of sp³-hybridized carbons (Fsp3) is 0.625. The van der Waals surface area contributed by atoms with Gasteiger partial charge in [-0.1, -0.05) is 20.3 Å². The number of amides is 1. The molecule has 1 aliphatic heterocycles. The molecule has 1 aromatic rings. The summed E-state index contributed by atoms with van der Waals surface area (Å²) in [5.41, 5.74) is 1.54. The lowest BCUT2D eigenvalue weighted by Gasteiger charge is -2.32. The second-order valence-electron chi connectivity index (χ2n) is 5.53.